The standard InChI is InChI=1S/C31H31F6N5O4/c1-18-28(40-12-10-39(11-13-40)15-20-7-9-27(46-20)31(35,36)37)29(43)42(17-25(38)21-14-19(32)6-8-26(21)45-2)30(44)41(18)16-22-23(33)4-3-5-24(22)34/h3-9,14,25H,10-13,15-17,38H2,1-2H3/t25-/m0/s1. The lowest BCUT2D eigenvalue weighted by molar-refractivity contribution is -0.153. The van der Waals surface area contributed by atoms with Crippen molar-refractivity contribution >= 4 is 5.69 Å². The van der Waals surface area contributed by atoms with Gasteiger partial charge in [-0.1, -0.05) is 6.07 Å². The van der Waals surface area contributed by atoms with Crippen molar-refractivity contribution in [2.75, 3.05) is 38.2 Å². The third-order valence-corrected chi connectivity index (χ3v) is 8.01. The summed E-state index contributed by atoms with van der Waals surface area (Å²) < 4.78 is 94.6. The Balaban J connectivity index is 1.49. The second-order valence-electron chi connectivity index (χ2n) is 10.9. The van der Waals surface area contributed by atoms with E-state index in [9.17, 15) is 35.9 Å². The number of benzene rings is 2. The van der Waals surface area contributed by atoms with E-state index in [4.69, 9.17) is 14.9 Å². The molecule has 5 rings (SSSR count). The van der Waals surface area contributed by atoms with E-state index in [1.54, 1.807) is 4.90 Å². The molecule has 3 heterocycles. The maximum atomic E-state index is 14.7. The molecule has 246 valence electrons. The Labute approximate surface area is 259 Å². The van der Waals surface area contributed by atoms with E-state index in [1.165, 1.54) is 38.3 Å². The molecule has 0 amide bonds. The molecule has 1 aliphatic rings. The Morgan fingerprint density at radius 1 is 0.935 bits per heavy atom. The first-order valence-electron chi connectivity index (χ1n) is 14.3. The summed E-state index contributed by atoms with van der Waals surface area (Å²) in [5.74, 6) is -3.11. The molecule has 0 bridgehead atoms. The summed E-state index contributed by atoms with van der Waals surface area (Å²) in [5.41, 5.74) is 4.83. The lowest BCUT2D eigenvalue weighted by atomic mass is 10.1. The number of piperazine rings is 1. The fourth-order valence-electron chi connectivity index (χ4n) is 5.59. The van der Waals surface area contributed by atoms with Crippen LogP contribution in [0.4, 0.5) is 32.0 Å². The van der Waals surface area contributed by atoms with Crippen LogP contribution in [0.15, 0.2) is 62.5 Å². The third-order valence-electron chi connectivity index (χ3n) is 8.01. The number of aromatic nitrogens is 2. The van der Waals surface area contributed by atoms with Crippen LogP contribution < -0.4 is 26.6 Å². The number of hydrogen-bond donors (Lipinski definition) is 1. The number of halogens is 6. The Hall–Kier alpha value is -4.50. The quantitative estimate of drug-likeness (QED) is 0.268. The van der Waals surface area contributed by atoms with Gasteiger partial charge in [-0.05, 0) is 49.4 Å². The molecule has 2 aromatic heterocycles. The summed E-state index contributed by atoms with van der Waals surface area (Å²) >= 11 is 0. The van der Waals surface area contributed by atoms with Crippen LogP contribution in [-0.4, -0.2) is 47.3 Å². The summed E-state index contributed by atoms with van der Waals surface area (Å²) in [4.78, 5) is 31.3. The third kappa shape index (κ3) is 6.70. The molecular formula is C31H31F6N5O4. The minimum absolute atomic E-state index is 0.0896. The van der Waals surface area contributed by atoms with Crippen molar-refractivity contribution in [1.29, 1.82) is 0 Å². The molecular weight excluding hydrogens is 620 g/mol. The number of ether oxygens (including phenoxy) is 1. The Kier molecular flexibility index (Phi) is 9.35. The van der Waals surface area contributed by atoms with Gasteiger partial charge in [0.1, 0.15) is 34.6 Å². The average Bonchev–Trinajstić information content (AvgIpc) is 3.49. The molecule has 4 aromatic rings. The lowest BCUT2D eigenvalue weighted by Gasteiger charge is -2.36. The molecule has 0 saturated carbocycles. The zero-order valence-corrected chi connectivity index (χ0v) is 24.9. The molecule has 0 unspecified atom stereocenters. The van der Waals surface area contributed by atoms with Crippen LogP contribution in [0.5, 0.6) is 5.75 Å². The Morgan fingerprint density at radius 2 is 1.61 bits per heavy atom. The minimum Gasteiger partial charge on any atom is -0.496 e. The van der Waals surface area contributed by atoms with Crippen LogP contribution in [0.2, 0.25) is 0 Å². The topological polar surface area (TPSA) is 98.9 Å². The zero-order chi connectivity index (χ0) is 33.3. The van der Waals surface area contributed by atoms with Gasteiger partial charge in [0, 0.05) is 43.0 Å². The van der Waals surface area contributed by atoms with Gasteiger partial charge in [-0.25, -0.2) is 18.0 Å². The maximum absolute atomic E-state index is 14.7. The largest absolute Gasteiger partial charge is 0.496 e. The molecule has 2 N–H and O–H groups in total. The number of rotatable bonds is 9. The highest BCUT2D eigenvalue weighted by Gasteiger charge is 2.35. The van der Waals surface area contributed by atoms with E-state index in [0.29, 0.717) is 13.1 Å². The lowest BCUT2D eigenvalue weighted by Crippen LogP contribution is -2.51. The Morgan fingerprint density at radius 3 is 2.22 bits per heavy atom. The summed E-state index contributed by atoms with van der Waals surface area (Å²) in [6.07, 6.45) is -4.61. The van der Waals surface area contributed by atoms with Crippen LogP contribution in [0, 0.1) is 24.4 Å². The molecule has 1 saturated heterocycles. The summed E-state index contributed by atoms with van der Waals surface area (Å²) in [6, 6.07) is 7.99. The van der Waals surface area contributed by atoms with E-state index in [-0.39, 0.29) is 53.7 Å². The van der Waals surface area contributed by atoms with Gasteiger partial charge in [0.25, 0.3) is 5.56 Å². The van der Waals surface area contributed by atoms with Gasteiger partial charge >= 0.3 is 11.9 Å². The molecule has 9 nitrogen and oxygen atoms in total. The number of alkyl halides is 3. The molecule has 15 heteroatoms. The minimum atomic E-state index is -4.61. The normalized spacial score (nSPS) is 14.9. The highest BCUT2D eigenvalue weighted by Crippen LogP contribution is 2.31. The number of methoxy groups -OCH3 is 1. The SMILES string of the molecule is COc1ccc(F)cc1[C@@H](N)Cn1c(=O)c(N2CCN(Cc3ccc(C(F)(F)F)o3)CC2)c(C)n(Cc2c(F)cccc2F)c1=O. The number of nitrogens with two attached hydrogens (primary N) is 1. The van der Waals surface area contributed by atoms with Gasteiger partial charge < -0.3 is 19.8 Å². The van der Waals surface area contributed by atoms with Crippen LogP contribution in [-0.2, 0) is 25.8 Å². The number of anilines is 1. The fourth-order valence-corrected chi connectivity index (χ4v) is 5.59. The predicted molar refractivity (Wildman–Crippen MR) is 156 cm³/mol. The summed E-state index contributed by atoms with van der Waals surface area (Å²) in [6.45, 7) is 1.76. The molecule has 2 aromatic carbocycles. The van der Waals surface area contributed by atoms with Crippen molar-refractivity contribution in [1.82, 2.24) is 14.0 Å². The number of nitrogens with zero attached hydrogens (tertiary/aromatic N) is 4. The van der Waals surface area contributed by atoms with Crippen molar-refractivity contribution in [2.45, 2.75) is 38.8 Å². The monoisotopic (exact) mass is 651 g/mol. The zero-order valence-electron chi connectivity index (χ0n) is 24.9. The summed E-state index contributed by atoms with van der Waals surface area (Å²) in [5, 5.41) is 0. The molecule has 46 heavy (non-hydrogen) atoms. The van der Waals surface area contributed by atoms with E-state index in [0.717, 1.165) is 33.4 Å². The first-order valence-corrected chi connectivity index (χ1v) is 14.3. The van der Waals surface area contributed by atoms with Crippen LogP contribution >= 0.6 is 0 Å². The van der Waals surface area contributed by atoms with Gasteiger partial charge in [-0.15, -0.1) is 0 Å². The molecule has 0 radical (unpaired) electrons. The van der Waals surface area contributed by atoms with Gasteiger partial charge in [0.15, 0.2) is 0 Å². The van der Waals surface area contributed by atoms with E-state index >= 15 is 0 Å². The molecule has 1 fully saturated rings. The van der Waals surface area contributed by atoms with Crippen molar-refractivity contribution in [3.63, 3.8) is 0 Å². The smallest absolute Gasteiger partial charge is 0.449 e. The molecule has 1 atom stereocenters. The van der Waals surface area contributed by atoms with E-state index in [1.807, 2.05) is 4.90 Å². The van der Waals surface area contributed by atoms with Crippen molar-refractivity contribution in [3.05, 3.63) is 115 Å². The Bertz CT molecular complexity index is 1820. The second kappa shape index (κ2) is 13.1. The average molecular weight is 652 g/mol. The van der Waals surface area contributed by atoms with Gasteiger partial charge in [-0.3, -0.25) is 18.8 Å². The highest BCUT2D eigenvalue weighted by atomic mass is 19.4. The van der Waals surface area contributed by atoms with Crippen molar-refractivity contribution in [3.8, 4) is 5.75 Å². The predicted octanol–water partition coefficient (Wildman–Crippen LogP) is 4.43. The molecule has 0 spiro atoms. The fraction of sp³-hybridized carbons (Fsp3) is 0.355. The first-order chi connectivity index (χ1) is 21.8. The van der Waals surface area contributed by atoms with Gasteiger partial charge in [0.2, 0.25) is 5.76 Å². The van der Waals surface area contributed by atoms with Crippen molar-refractivity contribution in [2.24, 2.45) is 5.73 Å². The molecule has 1 aliphatic heterocycles. The van der Waals surface area contributed by atoms with E-state index < -0.39 is 59.8 Å². The van der Waals surface area contributed by atoms with Gasteiger partial charge in [-0.2, -0.15) is 13.2 Å². The highest BCUT2D eigenvalue weighted by molar-refractivity contribution is 5.50. The van der Waals surface area contributed by atoms with Gasteiger partial charge in [0.05, 0.1) is 32.8 Å². The number of furan rings is 1. The van der Waals surface area contributed by atoms with E-state index in [2.05, 4.69) is 0 Å². The number of hydrogen-bond acceptors (Lipinski definition) is 7. The first kappa shape index (κ1) is 32.9. The van der Waals surface area contributed by atoms with Crippen LogP contribution in [0.3, 0.4) is 0 Å². The van der Waals surface area contributed by atoms with Crippen molar-refractivity contribution < 1.29 is 35.5 Å². The maximum Gasteiger partial charge on any atom is 0.449 e. The van der Waals surface area contributed by atoms with Crippen LogP contribution in [0.25, 0.3) is 0 Å². The summed E-state index contributed by atoms with van der Waals surface area (Å²) in [7, 11) is 1.36. The second-order valence-corrected chi connectivity index (χ2v) is 10.9. The molecule has 0 aliphatic carbocycles. The van der Waals surface area contributed by atoms with Crippen LogP contribution in [0.1, 0.15) is 34.4 Å².